The predicted octanol–water partition coefficient (Wildman–Crippen LogP) is 7.40. The summed E-state index contributed by atoms with van der Waals surface area (Å²) in [5.74, 6) is -2.83. The maximum absolute atomic E-state index is 11.7. The van der Waals surface area contributed by atoms with Gasteiger partial charge in [0.1, 0.15) is 11.4 Å². The minimum Gasteiger partial charge on any atom is -0.481 e. The highest BCUT2D eigenvalue weighted by Crippen LogP contribution is 2.41. The second-order valence-electron chi connectivity index (χ2n) is 8.61. The van der Waals surface area contributed by atoms with Crippen molar-refractivity contribution in [3.8, 4) is 21.1 Å². The van der Waals surface area contributed by atoms with Gasteiger partial charge in [0.2, 0.25) is 0 Å². The molecule has 36 heavy (non-hydrogen) atoms. The number of rotatable bonds is 8. The quantitative estimate of drug-likeness (QED) is 0.208. The van der Waals surface area contributed by atoms with Gasteiger partial charge in [0.15, 0.2) is 0 Å². The van der Waals surface area contributed by atoms with E-state index in [9.17, 15) is 19.8 Å². The Morgan fingerprint density at radius 3 is 1.50 bits per heavy atom. The molecule has 0 aliphatic rings. The van der Waals surface area contributed by atoms with Gasteiger partial charge in [-0.15, -0.1) is 22.7 Å². The van der Waals surface area contributed by atoms with Crippen molar-refractivity contribution in [1.29, 1.82) is 0 Å². The number of aliphatic carboxylic acids is 2. The first-order chi connectivity index (χ1) is 17.4. The zero-order chi connectivity index (χ0) is 25.4. The van der Waals surface area contributed by atoms with Crippen molar-refractivity contribution in [3.05, 3.63) is 70.4 Å². The molecular weight excluding hydrogens is 492 g/mol. The average Bonchev–Trinajstić information content (AvgIpc) is 3.53. The monoisotopic (exact) mass is 516 g/mol. The van der Waals surface area contributed by atoms with Crippen LogP contribution in [0.4, 0.5) is 0 Å². The molecule has 8 heteroatoms. The lowest BCUT2D eigenvalue weighted by atomic mass is 10.1. The van der Waals surface area contributed by atoms with Gasteiger partial charge in [0.05, 0.1) is 32.6 Å². The largest absolute Gasteiger partial charge is 0.481 e. The Labute approximate surface area is 215 Å². The van der Waals surface area contributed by atoms with E-state index in [1.54, 1.807) is 0 Å². The Kier molecular flexibility index (Phi) is 6.55. The summed E-state index contributed by atoms with van der Waals surface area (Å²) in [6.07, 6.45) is 0.999. The maximum atomic E-state index is 11.7. The molecule has 0 amide bonds. The van der Waals surface area contributed by atoms with Gasteiger partial charge in [0, 0.05) is 9.75 Å². The van der Waals surface area contributed by atoms with Crippen LogP contribution in [0, 0.1) is 0 Å². The molecule has 5 rings (SSSR count). The first-order valence-corrected chi connectivity index (χ1v) is 13.4. The Bertz CT molecular complexity index is 1490. The lowest BCUT2D eigenvalue weighted by Crippen LogP contribution is -2.08. The molecule has 0 bridgehead atoms. The van der Waals surface area contributed by atoms with Gasteiger partial charge in [-0.25, -0.2) is 9.97 Å². The van der Waals surface area contributed by atoms with Crippen molar-refractivity contribution >= 4 is 56.4 Å². The van der Waals surface area contributed by atoms with E-state index in [1.165, 1.54) is 22.7 Å². The van der Waals surface area contributed by atoms with E-state index in [-0.39, 0.29) is 0 Å². The summed E-state index contributed by atoms with van der Waals surface area (Å²) in [4.78, 5) is 36.7. The number of hydrogen-bond donors (Lipinski definition) is 2. The fourth-order valence-corrected chi connectivity index (χ4v) is 6.77. The van der Waals surface area contributed by atoms with Crippen LogP contribution in [0.1, 0.15) is 48.3 Å². The number of benzene rings is 2. The molecule has 2 unspecified atom stereocenters. The fraction of sp³-hybridized carbons (Fsp3) is 0.214. The van der Waals surface area contributed by atoms with Gasteiger partial charge in [-0.1, -0.05) is 38.1 Å². The molecule has 0 saturated heterocycles. The standard InChI is InChI=1S/C28H24N2O4S2/c1-3-17(27(31)32)21-9-11-23(35-21)25-26(24-12-10-22(36-24)18(4-2)28(33)34)30-20-14-16-8-6-5-7-15(16)13-19(20)29-25/h5-14,17-18H,3-4H2,1-2H3,(H,31,32)(H,33,34). The highest BCUT2D eigenvalue weighted by molar-refractivity contribution is 7.16. The Balaban J connectivity index is 1.71. The number of fused-ring (bicyclic) bond motifs is 2. The van der Waals surface area contributed by atoms with Crippen LogP contribution in [-0.2, 0) is 9.59 Å². The van der Waals surface area contributed by atoms with Crippen molar-refractivity contribution in [2.75, 3.05) is 0 Å². The van der Waals surface area contributed by atoms with Gasteiger partial charge in [-0.05, 0) is 60.0 Å². The van der Waals surface area contributed by atoms with Crippen LogP contribution < -0.4 is 0 Å². The highest BCUT2D eigenvalue weighted by Gasteiger charge is 2.24. The number of thiophene rings is 2. The molecule has 5 aromatic rings. The summed E-state index contributed by atoms with van der Waals surface area (Å²) in [7, 11) is 0. The molecule has 0 aliphatic heterocycles. The molecule has 0 aliphatic carbocycles. The normalized spacial score (nSPS) is 13.2. The molecule has 0 radical (unpaired) electrons. The van der Waals surface area contributed by atoms with Crippen LogP contribution in [0.25, 0.3) is 42.9 Å². The first kappa shape index (κ1) is 24.1. The van der Waals surface area contributed by atoms with Gasteiger partial charge < -0.3 is 10.2 Å². The maximum Gasteiger partial charge on any atom is 0.311 e. The third-order valence-electron chi connectivity index (χ3n) is 6.35. The minimum absolute atomic E-state index is 0.499. The number of carboxylic acids is 2. The van der Waals surface area contributed by atoms with Crippen molar-refractivity contribution in [2.45, 2.75) is 38.5 Å². The molecule has 2 N–H and O–H groups in total. The molecule has 0 saturated carbocycles. The third kappa shape index (κ3) is 4.38. The average molecular weight is 517 g/mol. The number of carboxylic acid groups (broad SMARTS) is 2. The van der Waals surface area contributed by atoms with E-state index in [0.717, 1.165) is 41.3 Å². The molecule has 182 valence electrons. The fourth-order valence-electron chi connectivity index (χ4n) is 4.42. The van der Waals surface area contributed by atoms with Crippen molar-refractivity contribution in [3.63, 3.8) is 0 Å². The smallest absolute Gasteiger partial charge is 0.311 e. The molecule has 0 fully saturated rings. The van der Waals surface area contributed by atoms with Crippen LogP contribution in [0.5, 0.6) is 0 Å². The van der Waals surface area contributed by atoms with E-state index >= 15 is 0 Å². The molecule has 3 heterocycles. The van der Waals surface area contributed by atoms with E-state index in [2.05, 4.69) is 0 Å². The van der Waals surface area contributed by atoms with E-state index in [4.69, 9.17) is 9.97 Å². The van der Waals surface area contributed by atoms with Gasteiger partial charge >= 0.3 is 11.9 Å². The number of carbonyl (C=O) groups is 2. The van der Waals surface area contributed by atoms with Crippen molar-refractivity contribution in [2.24, 2.45) is 0 Å². The predicted molar refractivity (Wildman–Crippen MR) is 145 cm³/mol. The number of aromatic nitrogens is 2. The molecule has 3 aromatic heterocycles. The van der Waals surface area contributed by atoms with Crippen LogP contribution in [0.3, 0.4) is 0 Å². The third-order valence-corrected chi connectivity index (χ3v) is 8.76. The lowest BCUT2D eigenvalue weighted by Gasteiger charge is -2.10. The first-order valence-electron chi connectivity index (χ1n) is 11.8. The van der Waals surface area contributed by atoms with Crippen LogP contribution >= 0.6 is 22.7 Å². The summed E-state index contributed by atoms with van der Waals surface area (Å²) in [5, 5.41) is 21.4. The van der Waals surface area contributed by atoms with E-state index in [0.29, 0.717) is 24.2 Å². The summed E-state index contributed by atoms with van der Waals surface area (Å²) >= 11 is 2.84. The summed E-state index contributed by atoms with van der Waals surface area (Å²) in [5.41, 5.74) is 2.85. The zero-order valence-corrected chi connectivity index (χ0v) is 21.4. The van der Waals surface area contributed by atoms with Gasteiger partial charge in [-0.2, -0.15) is 0 Å². The Morgan fingerprint density at radius 1 is 0.722 bits per heavy atom. The lowest BCUT2D eigenvalue weighted by molar-refractivity contribution is -0.139. The van der Waals surface area contributed by atoms with Gasteiger partial charge in [-0.3, -0.25) is 9.59 Å². The summed E-state index contributed by atoms with van der Waals surface area (Å²) in [6.45, 7) is 3.73. The Morgan fingerprint density at radius 2 is 1.14 bits per heavy atom. The van der Waals surface area contributed by atoms with Crippen LogP contribution in [-0.4, -0.2) is 32.1 Å². The van der Waals surface area contributed by atoms with Gasteiger partial charge in [0.25, 0.3) is 0 Å². The molecule has 6 nitrogen and oxygen atoms in total. The molecule has 0 spiro atoms. The van der Waals surface area contributed by atoms with Crippen molar-refractivity contribution in [1.82, 2.24) is 9.97 Å². The Hall–Kier alpha value is -3.62. The summed E-state index contributed by atoms with van der Waals surface area (Å²) < 4.78 is 0. The second-order valence-corrected chi connectivity index (χ2v) is 10.8. The summed E-state index contributed by atoms with van der Waals surface area (Å²) in [6, 6.07) is 19.6. The van der Waals surface area contributed by atoms with Crippen molar-refractivity contribution < 1.29 is 19.8 Å². The molecule has 2 aromatic carbocycles. The molecule has 2 atom stereocenters. The van der Waals surface area contributed by atoms with Crippen LogP contribution in [0.2, 0.25) is 0 Å². The highest BCUT2D eigenvalue weighted by atomic mass is 32.1. The SMILES string of the molecule is CCC(C(=O)O)c1ccc(-c2nc3cc4ccccc4cc3nc2-c2ccc(C(CC)C(=O)O)s2)s1. The topological polar surface area (TPSA) is 100 Å². The van der Waals surface area contributed by atoms with E-state index in [1.807, 2.05) is 74.5 Å². The zero-order valence-electron chi connectivity index (χ0n) is 19.8. The van der Waals surface area contributed by atoms with E-state index < -0.39 is 23.8 Å². The minimum atomic E-state index is -0.843. The number of hydrogen-bond acceptors (Lipinski definition) is 6. The van der Waals surface area contributed by atoms with Crippen LogP contribution in [0.15, 0.2) is 60.7 Å². The molecular formula is C28H24N2O4S2. The second kappa shape index (κ2) is 9.79. The number of nitrogens with zero attached hydrogens (tertiary/aromatic N) is 2.